The van der Waals surface area contributed by atoms with Gasteiger partial charge in [0, 0.05) is 31.7 Å². The maximum Gasteiger partial charge on any atom is 0.573 e. The molecule has 1 aromatic carbocycles. The van der Waals surface area contributed by atoms with Gasteiger partial charge < -0.3 is 14.7 Å². The van der Waals surface area contributed by atoms with Gasteiger partial charge >= 0.3 is 6.36 Å². The first-order valence-electron chi connectivity index (χ1n) is 8.62. The number of nitrogens with zero attached hydrogens (tertiary/aromatic N) is 5. The van der Waals surface area contributed by atoms with Crippen LogP contribution >= 0.6 is 11.3 Å². The molecule has 150 valence electrons. The van der Waals surface area contributed by atoms with Crippen LogP contribution in [0.4, 0.5) is 13.2 Å². The van der Waals surface area contributed by atoms with Crippen molar-refractivity contribution in [1.29, 1.82) is 0 Å². The molecule has 0 spiro atoms. The van der Waals surface area contributed by atoms with E-state index in [-0.39, 0.29) is 11.6 Å². The van der Waals surface area contributed by atoms with Gasteiger partial charge in [-0.1, -0.05) is 29.5 Å². The van der Waals surface area contributed by atoms with Crippen LogP contribution in [0.1, 0.15) is 16.5 Å². The van der Waals surface area contributed by atoms with E-state index in [4.69, 9.17) is 0 Å². The minimum atomic E-state index is -4.81. The molecule has 1 N–H and O–H groups in total. The molecule has 7 nitrogen and oxygen atoms in total. The third-order valence-corrected chi connectivity index (χ3v) is 5.82. The SMILES string of the molecule is CN1CCN(C(c2ccccc2OC(F)(F)F)c2sc3ncnn3c2O)CC1. The van der Waals surface area contributed by atoms with Crippen LogP contribution in [-0.2, 0) is 0 Å². The summed E-state index contributed by atoms with van der Waals surface area (Å²) in [6.07, 6.45) is -3.49. The zero-order chi connectivity index (χ0) is 19.9. The van der Waals surface area contributed by atoms with Crippen LogP contribution in [0.25, 0.3) is 4.96 Å². The van der Waals surface area contributed by atoms with Crippen molar-refractivity contribution in [2.75, 3.05) is 33.2 Å². The van der Waals surface area contributed by atoms with Gasteiger partial charge in [0.05, 0.1) is 10.9 Å². The quantitative estimate of drug-likeness (QED) is 0.710. The largest absolute Gasteiger partial charge is 0.573 e. The molecule has 3 aromatic rings. The molecule has 0 aliphatic carbocycles. The van der Waals surface area contributed by atoms with Gasteiger partial charge in [-0.25, -0.2) is 4.98 Å². The molecule has 1 unspecified atom stereocenters. The number of hydrogen-bond donors (Lipinski definition) is 1. The second-order valence-electron chi connectivity index (χ2n) is 6.57. The molecule has 1 aliphatic heterocycles. The summed E-state index contributed by atoms with van der Waals surface area (Å²) < 4.78 is 44.5. The Morgan fingerprint density at radius 2 is 1.89 bits per heavy atom. The van der Waals surface area contributed by atoms with Crippen molar-refractivity contribution in [3.05, 3.63) is 41.0 Å². The van der Waals surface area contributed by atoms with Gasteiger partial charge in [-0.05, 0) is 13.1 Å². The van der Waals surface area contributed by atoms with E-state index in [0.29, 0.717) is 28.5 Å². The maximum atomic E-state index is 13.0. The number of piperazine rings is 1. The average Bonchev–Trinajstić information content (AvgIpc) is 3.21. The number of halogens is 3. The number of hydrogen-bond acceptors (Lipinski definition) is 7. The van der Waals surface area contributed by atoms with Crippen LogP contribution in [0, 0.1) is 0 Å². The summed E-state index contributed by atoms with van der Waals surface area (Å²) in [6, 6.07) is 5.43. The number of benzene rings is 1. The summed E-state index contributed by atoms with van der Waals surface area (Å²) in [5, 5.41) is 14.7. The molecule has 11 heteroatoms. The normalized spacial score (nSPS) is 17.9. The molecule has 0 amide bonds. The molecule has 0 radical (unpaired) electrons. The number of para-hydroxylation sites is 1. The van der Waals surface area contributed by atoms with Crippen molar-refractivity contribution >= 4 is 16.3 Å². The van der Waals surface area contributed by atoms with E-state index < -0.39 is 12.4 Å². The number of likely N-dealkylation sites (N-methyl/N-ethyl adjacent to an activating group) is 1. The summed E-state index contributed by atoms with van der Waals surface area (Å²) in [4.78, 5) is 9.24. The van der Waals surface area contributed by atoms with Gasteiger partial charge in [0.25, 0.3) is 0 Å². The summed E-state index contributed by atoms with van der Waals surface area (Å²) in [5.74, 6) is -0.402. The molecule has 0 saturated carbocycles. The molecule has 3 heterocycles. The lowest BCUT2D eigenvalue weighted by Crippen LogP contribution is -2.46. The number of aromatic nitrogens is 3. The van der Waals surface area contributed by atoms with Crippen LogP contribution in [0.5, 0.6) is 11.6 Å². The van der Waals surface area contributed by atoms with E-state index in [2.05, 4.69) is 19.7 Å². The highest BCUT2D eigenvalue weighted by molar-refractivity contribution is 7.17. The van der Waals surface area contributed by atoms with E-state index in [9.17, 15) is 18.3 Å². The molecule has 1 aliphatic rings. The molecule has 0 bridgehead atoms. The first-order valence-corrected chi connectivity index (χ1v) is 9.44. The Bertz CT molecular complexity index is 965. The predicted molar refractivity (Wildman–Crippen MR) is 96.6 cm³/mol. The van der Waals surface area contributed by atoms with Gasteiger partial charge in [-0.3, -0.25) is 4.90 Å². The van der Waals surface area contributed by atoms with Gasteiger partial charge in [-0.15, -0.1) is 13.2 Å². The van der Waals surface area contributed by atoms with Crippen molar-refractivity contribution in [1.82, 2.24) is 24.4 Å². The van der Waals surface area contributed by atoms with Gasteiger partial charge in [0.15, 0.2) is 0 Å². The Balaban J connectivity index is 1.82. The first kappa shape index (κ1) is 19.0. The number of ether oxygens (including phenoxy) is 1. The van der Waals surface area contributed by atoms with Crippen LogP contribution in [0.2, 0.25) is 0 Å². The number of fused-ring (bicyclic) bond motifs is 1. The van der Waals surface area contributed by atoms with Gasteiger partial charge in [0.1, 0.15) is 12.1 Å². The molecule has 1 saturated heterocycles. The molecule has 1 atom stereocenters. The summed E-state index contributed by atoms with van der Waals surface area (Å²) in [5.41, 5.74) is 0.337. The molecule has 28 heavy (non-hydrogen) atoms. The van der Waals surface area contributed by atoms with Crippen molar-refractivity contribution in [3.63, 3.8) is 0 Å². The molecule has 4 rings (SSSR count). The smallest absolute Gasteiger partial charge is 0.492 e. The summed E-state index contributed by atoms with van der Waals surface area (Å²) in [6.45, 7) is 2.80. The number of thiazole rings is 1. The van der Waals surface area contributed by atoms with E-state index in [1.165, 1.54) is 34.3 Å². The Morgan fingerprint density at radius 3 is 2.57 bits per heavy atom. The van der Waals surface area contributed by atoms with E-state index in [0.717, 1.165) is 13.1 Å². The third kappa shape index (κ3) is 3.64. The van der Waals surface area contributed by atoms with E-state index >= 15 is 0 Å². The molecular formula is C17H18F3N5O2S. The van der Waals surface area contributed by atoms with Gasteiger partial charge in [-0.2, -0.15) is 9.61 Å². The topological polar surface area (TPSA) is 66.1 Å². The Labute approximate surface area is 162 Å². The fraction of sp³-hybridized carbons (Fsp3) is 0.412. The summed E-state index contributed by atoms with van der Waals surface area (Å²) >= 11 is 1.20. The van der Waals surface area contributed by atoms with Crippen molar-refractivity contribution < 1.29 is 23.0 Å². The minimum absolute atomic E-state index is 0.122. The Kier molecular flexibility index (Phi) is 4.89. The standard InChI is InChI=1S/C17H18F3N5O2S/c1-23-6-8-24(9-7-23)13(14-15(26)25-16(28-14)21-10-22-25)11-4-2-3-5-12(11)27-17(18,19)20/h2-5,10,13,26H,6-9H2,1H3. The fourth-order valence-electron chi connectivity index (χ4n) is 3.38. The van der Waals surface area contributed by atoms with Crippen molar-refractivity contribution in [3.8, 4) is 11.6 Å². The number of aromatic hydroxyl groups is 1. The molecular weight excluding hydrogens is 395 g/mol. The highest BCUT2D eigenvalue weighted by Gasteiger charge is 2.36. The highest BCUT2D eigenvalue weighted by atomic mass is 32.1. The zero-order valence-electron chi connectivity index (χ0n) is 14.9. The summed E-state index contributed by atoms with van der Waals surface area (Å²) in [7, 11) is 1.99. The predicted octanol–water partition coefficient (Wildman–Crippen LogP) is 2.73. The molecule has 2 aromatic heterocycles. The van der Waals surface area contributed by atoms with Crippen LogP contribution in [0.3, 0.4) is 0 Å². The minimum Gasteiger partial charge on any atom is -0.492 e. The van der Waals surface area contributed by atoms with E-state index in [1.54, 1.807) is 12.1 Å². The lowest BCUT2D eigenvalue weighted by Gasteiger charge is -2.38. The lowest BCUT2D eigenvalue weighted by molar-refractivity contribution is -0.275. The number of rotatable bonds is 4. The Hall–Kier alpha value is -2.37. The maximum absolute atomic E-state index is 13.0. The Morgan fingerprint density at radius 1 is 1.18 bits per heavy atom. The van der Waals surface area contributed by atoms with Crippen molar-refractivity contribution in [2.24, 2.45) is 0 Å². The zero-order valence-corrected chi connectivity index (χ0v) is 15.7. The number of alkyl halides is 3. The second kappa shape index (κ2) is 7.22. The lowest BCUT2D eigenvalue weighted by atomic mass is 10.0. The monoisotopic (exact) mass is 413 g/mol. The van der Waals surface area contributed by atoms with Crippen molar-refractivity contribution in [2.45, 2.75) is 12.4 Å². The van der Waals surface area contributed by atoms with E-state index in [1.807, 2.05) is 11.9 Å². The van der Waals surface area contributed by atoms with Gasteiger partial charge in [0.2, 0.25) is 10.8 Å². The van der Waals surface area contributed by atoms with Crippen LogP contribution in [-0.4, -0.2) is 69.1 Å². The van der Waals surface area contributed by atoms with Crippen LogP contribution in [0.15, 0.2) is 30.6 Å². The fourth-order valence-corrected chi connectivity index (χ4v) is 4.46. The average molecular weight is 413 g/mol. The molecule has 1 fully saturated rings. The highest BCUT2D eigenvalue weighted by Crippen LogP contribution is 2.43. The first-order chi connectivity index (χ1) is 13.3. The van der Waals surface area contributed by atoms with Crippen LogP contribution < -0.4 is 4.74 Å². The second-order valence-corrected chi connectivity index (χ2v) is 7.58. The third-order valence-electron chi connectivity index (χ3n) is 4.73.